The highest BCUT2D eigenvalue weighted by Crippen LogP contribution is 2.12. The van der Waals surface area contributed by atoms with Gasteiger partial charge in [0.1, 0.15) is 6.61 Å². The zero-order chi connectivity index (χ0) is 27.2. The average molecular weight is 542 g/mol. The van der Waals surface area contributed by atoms with Gasteiger partial charge in [0, 0.05) is 28.0 Å². The molecule has 1 atom stereocenters. The molecule has 0 bridgehead atoms. The van der Waals surface area contributed by atoms with Crippen molar-refractivity contribution in [2.45, 2.75) is 103 Å². The average Bonchev–Trinajstić information content (AvgIpc) is 2.90. The predicted octanol–water partition coefficient (Wildman–Crippen LogP) is 7.43. The summed E-state index contributed by atoms with van der Waals surface area (Å²) in [6.07, 6.45) is 13.9. The predicted molar refractivity (Wildman–Crippen MR) is 174 cm³/mol. The Bertz CT molecular complexity index is 1080. The number of esters is 2. The monoisotopic (exact) mass is 541 g/mol. The Morgan fingerprint density at radius 2 is 1.16 bits per heavy atom. The number of ether oxygens (including phenoxy) is 2. The highest BCUT2D eigenvalue weighted by molar-refractivity contribution is 5.89. The van der Waals surface area contributed by atoms with E-state index in [0.29, 0.717) is 0 Å². The lowest BCUT2D eigenvalue weighted by atomic mass is 10.0. The van der Waals surface area contributed by atoms with Gasteiger partial charge in [-0.25, -0.2) is 4.79 Å². The maximum Gasteiger partial charge on any atom is 0.385 e. The summed E-state index contributed by atoms with van der Waals surface area (Å²) in [5, 5.41) is 9.37. The van der Waals surface area contributed by atoms with E-state index in [2.05, 4.69) is 78.0 Å². The molecular weight excluding hydrogens is 478 g/mol. The second-order valence-electron chi connectivity index (χ2n) is 8.16. The van der Waals surface area contributed by atoms with E-state index < -0.39 is 24.6 Å². The Balaban J connectivity index is -0.0000000982. The molecule has 0 aliphatic heterocycles. The fraction of sp³-hybridized carbons (Fsp3) is 0.562. The van der Waals surface area contributed by atoms with Gasteiger partial charge < -0.3 is 20.7 Å². The Hall–Kier alpha value is -3.78. The van der Waals surface area contributed by atoms with Crippen LogP contribution in [-0.2, 0) is 19.1 Å². The number of hydrogen-bond acceptors (Lipinski definition) is 6. The lowest BCUT2D eigenvalue weighted by Crippen LogP contribution is -2.28. The van der Waals surface area contributed by atoms with Gasteiger partial charge in [0.2, 0.25) is 0 Å². The molecule has 0 aromatic carbocycles. The second kappa shape index (κ2) is 29.5. The molecule has 226 valence electrons. The molecule has 0 amide bonds. The van der Waals surface area contributed by atoms with Crippen molar-refractivity contribution in [1.82, 2.24) is 6.15 Å². The molecule has 0 aliphatic rings. The zero-order valence-electron chi connectivity index (χ0n) is 23.0. The van der Waals surface area contributed by atoms with Gasteiger partial charge in [-0.1, -0.05) is 83.5 Å². The smallest absolute Gasteiger partial charge is 0.385 e. The van der Waals surface area contributed by atoms with Crippen LogP contribution in [0.15, 0.2) is 0 Å². The van der Waals surface area contributed by atoms with Crippen molar-refractivity contribution in [2.24, 2.45) is 0 Å². The number of rotatable bonds is 17. The molecule has 0 radical (unpaired) electrons. The Morgan fingerprint density at radius 1 is 0.711 bits per heavy atom. The molecular formula is C32H63NO5. The van der Waals surface area contributed by atoms with E-state index in [1.807, 2.05) is 0 Å². The molecule has 0 aromatic rings. The van der Waals surface area contributed by atoms with Gasteiger partial charge in [-0.15, -0.1) is 0 Å². The first-order chi connectivity index (χ1) is 18.1. The molecule has 0 unspecified atom stereocenters. The van der Waals surface area contributed by atoms with Crippen molar-refractivity contribution in [3.8, 4) is 71.0 Å². The number of aliphatic hydroxyl groups is 1. The lowest BCUT2D eigenvalue weighted by molar-refractivity contribution is -0.159. The molecule has 0 saturated carbocycles. The molecule has 0 heterocycles. The molecule has 0 rings (SSSR count). The van der Waals surface area contributed by atoms with E-state index in [4.69, 9.17) is 9.47 Å². The summed E-state index contributed by atoms with van der Waals surface area (Å²) in [6, 6.07) is 0. The third-order valence-corrected chi connectivity index (χ3v) is 4.99. The minimum Gasteiger partial charge on any atom is -0.456 e. The van der Waals surface area contributed by atoms with Crippen LogP contribution in [-0.4, -0.2) is 36.4 Å². The normalized spacial score (nSPS) is 9.13. The summed E-state index contributed by atoms with van der Waals surface area (Å²) in [4.78, 5) is 23.6. The van der Waals surface area contributed by atoms with Crippen LogP contribution in [0.4, 0.5) is 0 Å². The largest absolute Gasteiger partial charge is 0.456 e. The van der Waals surface area contributed by atoms with E-state index in [1.54, 1.807) is 6.92 Å². The summed E-state index contributed by atoms with van der Waals surface area (Å²) >= 11 is 0. The summed E-state index contributed by atoms with van der Waals surface area (Å²) < 4.78 is 10.1. The highest BCUT2D eigenvalue weighted by Gasteiger charge is 2.15. The number of hydrogen-bond donors (Lipinski definition) is 2. The minimum atomic E-state index is -0.919. The van der Waals surface area contributed by atoms with Gasteiger partial charge >= 0.3 is 11.9 Å². The van der Waals surface area contributed by atoms with Crippen molar-refractivity contribution in [3.05, 3.63) is 0 Å². The van der Waals surface area contributed by atoms with Gasteiger partial charge in [-0.3, -0.25) is 4.79 Å². The standard InChI is InChI=1S/C32H38O5.H3N.11H2/c1-3-5-7-9-11-13-15-17-19-21-23-25-27-32(35)37-30(28-33)29-36-31(34)26-24-22-20-18-16-14-12-10-8-6-4-2;;;;;;;;;;;;/h30,33H,3,5,7,9,11,13,15,17,19,21,23,25,27-29H2,1-2H3;1H3;11*1H/t30-;;;;;;;;;;;;/m0............/s1. The summed E-state index contributed by atoms with van der Waals surface area (Å²) in [7, 11) is 0. The Morgan fingerprint density at radius 3 is 1.63 bits per heavy atom. The van der Waals surface area contributed by atoms with Crippen LogP contribution >= 0.6 is 0 Å². The molecule has 0 aliphatic carbocycles. The minimum absolute atomic E-state index is 0. The van der Waals surface area contributed by atoms with E-state index >= 15 is 0 Å². The first-order valence-corrected chi connectivity index (χ1v) is 13.0. The van der Waals surface area contributed by atoms with Gasteiger partial charge in [0.15, 0.2) is 6.10 Å². The van der Waals surface area contributed by atoms with Crippen LogP contribution in [0.5, 0.6) is 0 Å². The first kappa shape index (κ1) is 36.4. The molecule has 0 saturated heterocycles. The molecule has 6 nitrogen and oxygen atoms in total. The first-order valence-electron chi connectivity index (χ1n) is 13.0. The highest BCUT2D eigenvalue weighted by atomic mass is 16.6. The summed E-state index contributed by atoms with van der Waals surface area (Å²) in [5.74, 6) is 28.0. The second-order valence-corrected chi connectivity index (χ2v) is 8.16. The van der Waals surface area contributed by atoms with Crippen molar-refractivity contribution < 1.29 is 39.9 Å². The number of unbranched alkanes of at least 4 members (excludes halogenated alkanes) is 11. The van der Waals surface area contributed by atoms with Crippen LogP contribution in [0.1, 0.15) is 113 Å². The van der Waals surface area contributed by atoms with E-state index in [9.17, 15) is 14.7 Å². The van der Waals surface area contributed by atoms with Crippen molar-refractivity contribution in [3.63, 3.8) is 0 Å². The third-order valence-electron chi connectivity index (χ3n) is 4.99. The van der Waals surface area contributed by atoms with Gasteiger partial charge in [0.05, 0.1) is 6.61 Å². The third kappa shape index (κ3) is 26.8. The topological polar surface area (TPSA) is 108 Å². The maximum atomic E-state index is 12.0. The van der Waals surface area contributed by atoms with Crippen LogP contribution < -0.4 is 6.15 Å². The molecule has 6 heteroatoms. The molecule has 0 spiro atoms. The van der Waals surface area contributed by atoms with Crippen LogP contribution in [0.2, 0.25) is 0 Å². The summed E-state index contributed by atoms with van der Waals surface area (Å²) in [6.45, 7) is 3.19. The van der Waals surface area contributed by atoms with Crippen LogP contribution in [0, 0.1) is 71.0 Å². The molecule has 4 N–H and O–H groups in total. The molecule has 0 fully saturated rings. The van der Waals surface area contributed by atoms with Gasteiger partial charge in [0.25, 0.3) is 0 Å². The van der Waals surface area contributed by atoms with Gasteiger partial charge in [-0.05, 0) is 72.5 Å². The molecule has 0 aromatic heterocycles. The van der Waals surface area contributed by atoms with Crippen LogP contribution in [0.25, 0.3) is 0 Å². The fourth-order valence-corrected chi connectivity index (χ4v) is 3.08. The Kier molecular flexibility index (Phi) is 28.2. The lowest BCUT2D eigenvalue weighted by Gasteiger charge is -2.14. The number of carbonyl (C=O) groups excluding carboxylic acids is 2. The van der Waals surface area contributed by atoms with E-state index in [-0.39, 0.29) is 34.9 Å². The van der Waals surface area contributed by atoms with Gasteiger partial charge in [-0.2, -0.15) is 0 Å². The SMILES string of the molecule is CC#CC#CC#CC#CC#CC#CC(=O)OC[C@H](CO)OC(=O)CCCCCCCCCCCCCC.N.[HH].[HH].[HH].[HH].[HH].[HH].[HH].[HH].[HH].[HH].[HH]. The summed E-state index contributed by atoms with van der Waals surface area (Å²) in [5.41, 5.74) is 0. The van der Waals surface area contributed by atoms with Crippen molar-refractivity contribution in [1.29, 1.82) is 0 Å². The van der Waals surface area contributed by atoms with E-state index in [1.165, 1.54) is 57.8 Å². The zero-order valence-corrected chi connectivity index (χ0v) is 23.0. The fourth-order valence-electron chi connectivity index (χ4n) is 3.08. The molecule has 38 heavy (non-hydrogen) atoms. The quantitative estimate of drug-likeness (QED) is 0.0857. The number of aliphatic hydroxyl groups excluding tert-OH is 1. The number of carbonyl (C=O) groups is 2. The Labute approximate surface area is 246 Å². The maximum absolute atomic E-state index is 12.0. The van der Waals surface area contributed by atoms with Crippen molar-refractivity contribution in [2.75, 3.05) is 13.2 Å². The van der Waals surface area contributed by atoms with Crippen LogP contribution in [0.3, 0.4) is 0 Å². The van der Waals surface area contributed by atoms with Crippen molar-refractivity contribution >= 4 is 11.9 Å². The van der Waals surface area contributed by atoms with E-state index in [0.717, 1.165) is 19.3 Å².